The van der Waals surface area contributed by atoms with Gasteiger partial charge in [-0.2, -0.15) is 4.99 Å². The molecule has 0 heterocycles. The maximum Gasteiger partial charge on any atom is 0.411 e. The minimum Gasteiger partial charge on any atom is -0.450 e. The van der Waals surface area contributed by atoms with E-state index >= 15 is 0 Å². The second-order valence-corrected chi connectivity index (χ2v) is 3.23. The standard InChI is InChI=1S/C11H12N2O2S/c1-3-15-11(14)13-9-5-4-8(2)10(6-9)12-7-16/h4-6H,3H2,1-2H3,(H,13,14). The smallest absolute Gasteiger partial charge is 0.411 e. The fourth-order valence-electron chi connectivity index (χ4n) is 1.14. The van der Waals surface area contributed by atoms with Crippen LogP contribution in [0.15, 0.2) is 23.2 Å². The van der Waals surface area contributed by atoms with Crippen LogP contribution in [0.4, 0.5) is 16.2 Å². The molecule has 1 aromatic rings. The van der Waals surface area contributed by atoms with Gasteiger partial charge in [-0.05, 0) is 43.8 Å². The van der Waals surface area contributed by atoms with Crippen LogP contribution in [0, 0.1) is 6.92 Å². The zero-order valence-electron chi connectivity index (χ0n) is 9.11. The van der Waals surface area contributed by atoms with Crippen molar-refractivity contribution < 1.29 is 9.53 Å². The van der Waals surface area contributed by atoms with Crippen molar-refractivity contribution in [2.45, 2.75) is 13.8 Å². The third-order valence-electron chi connectivity index (χ3n) is 1.90. The number of ether oxygens (including phenoxy) is 1. The van der Waals surface area contributed by atoms with Crippen molar-refractivity contribution >= 4 is 34.8 Å². The zero-order chi connectivity index (χ0) is 12.0. The van der Waals surface area contributed by atoms with E-state index in [0.717, 1.165) is 5.56 Å². The lowest BCUT2D eigenvalue weighted by Gasteiger charge is -2.06. The first-order chi connectivity index (χ1) is 7.67. The number of isothiocyanates is 1. The van der Waals surface area contributed by atoms with Gasteiger partial charge in [0.2, 0.25) is 0 Å². The molecule has 0 aliphatic rings. The molecule has 0 spiro atoms. The lowest BCUT2D eigenvalue weighted by molar-refractivity contribution is 0.168. The van der Waals surface area contributed by atoms with E-state index in [4.69, 9.17) is 4.74 Å². The van der Waals surface area contributed by atoms with Crippen LogP contribution in [0.2, 0.25) is 0 Å². The summed E-state index contributed by atoms with van der Waals surface area (Å²) in [5.41, 5.74) is 2.27. The van der Waals surface area contributed by atoms with Gasteiger partial charge in [-0.1, -0.05) is 6.07 Å². The van der Waals surface area contributed by atoms with Crippen LogP contribution in [0.5, 0.6) is 0 Å². The molecule has 1 N–H and O–H groups in total. The Morgan fingerprint density at radius 2 is 2.38 bits per heavy atom. The highest BCUT2D eigenvalue weighted by Gasteiger charge is 2.03. The number of anilines is 1. The molecule has 0 unspecified atom stereocenters. The average Bonchev–Trinajstić information content (AvgIpc) is 2.24. The monoisotopic (exact) mass is 236 g/mol. The molecule has 5 heteroatoms. The molecule has 0 aromatic heterocycles. The number of nitrogens with one attached hydrogen (secondary N) is 1. The maximum atomic E-state index is 11.2. The topological polar surface area (TPSA) is 50.7 Å². The molecule has 0 radical (unpaired) electrons. The SMILES string of the molecule is CCOC(=O)Nc1ccc(C)c(N=C=S)c1. The van der Waals surface area contributed by atoms with E-state index in [2.05, 4.69) is 27.7 Å². The highest BCUT2D eigenvalue weighted by molar-refractivity contribution is 7.78. The van der Waals surface area contributed by atoms with E-state index in [-0.39, 0.29) is 0 Å². The summed E-state index contributed by atoms with van der Waals surface area (Å²) >= 11 is 4.54. The summed E-state index contributed by atoms with van der Waals surface area (Å²) in [5.74, 6) is 0. The van der Waals surface area contributed by atoms with E-state index in [0.29, 0.717) is 18.0 Å². The maximum absolute atomic E-state index is 11.2. The summed E-state index contributed by atoms with van der Waals surface area (Å²) in [4.78, 5) is 15.1. The quantitative estimate of drug-likeness (QED) is 0.647. The Balaban J connectivity index is 2.86. The van der Waals surface area contributed by atoms with Crippen LogP contribution in [0.3, 0.4) is 0 Å². The second-order valence-electron chi connectivity index (χ2n) is 3.05. The third kappa shape index (κ3) is 3.46. The molecule has 0 fully saturated rings. The normalized spacial score (nSPS) is 9.12. The van der Waals surface area contributed by atoms with E-state index in [1.54, 1.807) is 19.1 Å². The summed E-state index contributed by atoms with van der Waals surface area (Å²) in [6.07, 6.45) is -0.483. The van der Waals surface area contributed by atoms with Gasteiger partial charge in [0.05, 0.1) is 17.5 Å². The molecule has 1 amide bonds. The van der Waals surface area contributed by atoms with Crippen molar-refractivity contribution in [3.63, 3.8) is 0 Å². The highest BCUT2D eigenvalue weighted by atomic mass is 32.1. The minimum atomic E-state index is -0.483. The van der Waals surface area contributed by atoms with Gasteiger partial charge in [-0.3, -0.25) is 5.32 Å². The molecule has 4 nitrogen and oxygen atoms in total. The molecule has 0 bridgehead atoms. The van der Waals surface area contributed by atoms with Crippen LogP contribution in [0.25, 0.3) is 0 Å². The summed E-state index contributed by atoms with van der Waals surface area (Å²) < 4.78 is 4.76. The van der Waals surface area contributed by atoms with Gasteiger partial charge in [0, 0.05) is 5.69 Å². The summed E-state index contributed by atoms with van der Waals surface area (Å²) in [6.45, 7) is 3.99. The van der Waals surface area contributed by atoms with Crippen molar-refractivity contribution in [1.29, 1.82) is 0 Å². The van der Waals surface area contributed by atoms with Gasteiger partial charge < -0.3 is 4.74 Å². The second kappa shape index (κ2) is 6.00. The van der Waals surface area contributed by atoms with Crippen LogP contribution in [-0.4, -0.2) is 17.9 Å². The number of thiocarbonyl (C=S) groups is 1. The van der Waals surface area contributed by atoms with Gasteiger partial charge in [-0.25, -0.2) is 4.79 Å². The molecule has 0 aliphatic heterocycles. The third-order valence-corrected chi connectivity index (χ3v) is 1.99. The van der Waals surface area contributed by atoms with Crippen molar-refractivity contribution in [2.24, 2.45) is 4.99 Å². The van der Waals surface area contributed by atoms with Crippen LogP contribution in [-0.2, 0) is 4.74 Å². The molecule has 0 atom stereocenters. The fraction of sp³-hybridized carbons (Fsp3) is 0.273. The van der Waals surface area contributed by atoms with E-state index in [9.17, 15) is 4.79 Å². The Morgan fingerprint density at radius 3 is 3.00 bits per heavy atom. The summed E-state index contributed by atoms with van der Waals surface area (Å²) in [7, 11) is 0. The summed E-state index contributed by atoms with van der Waals surface area (Å²) in [5, 5.41) is 4.88. The minimum absolute atomic E-state index is 0.336. The lowest BCUT2D eigenvalue weighted by atomic mass is 10.2. The van der Waals surface area contributed by atoms with Crippen LogP contribution in [0.1, 0.15) is 12.5 Å². The average molecular weight is 236 g/mol. The first-order valence-electron chi connectivity index (χ1n) is 4.79. The number of rotatable bonds is 3. The predicted molar refractivity (Wildman–Crippen MR) is 66.5 cm³/mol. The number of hydrogen-bond acceptors (Lipinski definition) is 4. The van der Waals surface area contributed by atoms with Gasteiger partial charge in [0.1, 0.15) is 0 Å². The molecule has 1 aromatic carbocycles. The molecule has 16 heavy (non-hydrogen) atoms. The number of benzene rings is 1. The van der Waals surface area contributed by atoms with E-state index in [1.807, 2.05) is 13.0 Å². The summed E-state index contributed by atoms with van der Waals surface area (Å²) in [6, 6.07) is 5.33. The van der Waals surface area contributed by atoms with Gasteiger partial charge in [0.25, 0.3) is 0 Å². The lowest BCUT2D eigenvalue weighted by Crippen LogP contribution is -2.13. The molecule has 0 aliphatic carbocycles. The Labute approximate surface area is 99.3 Å². The van der Waals surface area contributed by atoms with Crippen LogP contribution < -0.4 is 5.32 Å². The number of aliphatic imine (C=N–C) groups is 1. The van der Waals surface area contributed by atoms with Crippen molar-refractivity contribution in [3.8, 4) is 0 Å². The Morgan fingerprint density at radius 1 is 1.62 bits per heavy atom. The predicted octanol–water partition coefficient (Wildman–Crippen LogP) is 3.30. The van der Waals surface area contributed by atoms with Crippen molar-refractivity contribution in [2.75, 3.05) is 11.9 Å². The van der Waals surface area contributed by atoms with Crippen molar-refractivity contribution in [3.05, 3.63) is 23.8 Å². The molecule has 1 rings (SSSR count). The number of amides is 1. The van der Waals surface area contributed by atoms with Gasteiger partial charge >= 0.3 is 6.09 Å². The fourth-order valence-corrected chi connectivity index (χ4v) is 1.24. The highest BCUT2D eigenvalue weighted by Crippen LogP contribution is 2.22. The number of carbonyl (C=O) groups excluding carboxylic acids is 1. The van der Waals surface area contributed by atoms with Crippen molar-refractivity contribution in [1.82, 2.24) is 0 Å². The Kier molecular flexibility index (Phi) is 4.64. The molecule has 0 saturated carbocycles. The van der Waals surface area contributed by atoms with E-state index in [1.165, 1.54) is 0 Å². The number of nitrogens with zero attached hydrogens (tertiary/aromatic N) is 1. The molecular weight excluding hydrogens is 224 g/mol. The number of aryl methyl sites for hydroxylation is 1. The largest absolute Gasteiger partial charge is 0.450 e. The van der Waals surface area contributed by atoms with E-state index < -0.39 is 6.09 Å². The Bertz CT molecular complexity index is 440. The zero-order valence-corrected chi connectivity index (χ0v) is 9.93. The first kappa shape index (κ1) is 12.4. The molecule has 84 valence electrons. The van der Waals surface area contributed by atoms with Crippen LogP contribution >= 0.6 is 12.2 Å². The Hall–Kier alpha value is -1.71. The number of hydrogen-bond donors (Lipinski definition) is 1. The van der Waals surface area contributed by atoms with Gasteiger partial charge in [0.15, 0.2) is 0 Å². The first-order valence-corrected chi connectivity index (χ1v) is 5.20. The molecular formula is C11H12N2O2S. The number of carbonyl (C=O) groups is 1. The van der Waals surface area contributed by atoms with Gasteiger partial charge in [-0.15, -0.1) is 0 Å². The molecule has 0 saturated heterocycles.